The summed E-state index contributed by atoms with van der Waals surface area (Å²) in [5.41, 5.74) is 0.740. The Bertz CT molecular complexity index is 459. The molecule has 21 heavy (non-hydrogen) atoms. The molecule has 1 amide bonds. The van der Waals surface area contributed by atoms with E-state index >= 15 is 0 Å². The number of aliphatic hydroxyl groups is 1. The van der Waals surface area contributed by atoms with E-state index in [1.807, 2.05) is 50.3 Å². The molecule has 1 unspecified atom stereocenters. The molecule has 5 heteroatoms. The highest BCUT2D eigenvalue weighted by Gasteiger charge is 2.22. The number of benzene rings is 1. The lowest BCUT2D eigenvalue weighted by atomic mass is 10.0. The molecule has 1 atom stereocenters. The summed E-state index contributed by atoms with van der Waals surface area (Å²) in [5.74, 6) is -0.138. The van der Waals surface area contributed by atoms with Crippen molar-refractivity contribution in [2.24, 2.45) is 0 Å². The first kappa shape index (κ1) is 17.6. The van der Waals surface area contributed by atoms with Crippen molar-refractivity contribution in [1.29, 1.82) is 0 Å². The lowest BCUT2D eigenvalue weighted by Gasteiger charge is -2.27. The Morgan fingerprint density at radius 3 is 2.62 bits per heavy atom. The minimum Gasteiger partial charge on any atom is -0.387 e. The summed E-state index contributed by atoms with van der Waals surface area (Å²) in [6.07, 6.45) is 0.800. The molecule has 118 valence electrons. The molecule has 5 nitrogen and oxygen atoms in total. The summed E-state index contributed by atoms with van der Waals surface area (Å²) in [7, 11) is 5.67. The van der Waals surface area contributed by atoms with E-state index in [4.69, 9.17) is 0 Å². The molecule has 3 N–H and O–H groups in total. The third-order valence-corrected chi connectivity index (χ3v) is 3.19. The zero-order valence-electron chi connectivity index (χ0n) is 13.4. The third kappa shape index (κ3) is 6.25. The van der Waals surface area contributed by atoms with Gasteiger partial charge in [0.2, 0.25) is 0 Å². The summed E-state index contributed by atoms with van der Waals surface area (Å²) in [4.78, 5) is 14.2. The Balaban J connectivity index is 2.67. The highest BCUT2D eigenvalue weighted by Crippen LogP contribution is 2.10. The molecule has 0 fully saturated rings. The molecule has 0 bridgehead atoms. The molecule has 0 saturated heterocycles. The van der Waals surface area contributed by atoms with Gasteiger partial charge in [0.1, 0.15) is 0 Å². The minimum absolute atomic E-state index is 0.138. The van der Waals surface area contributed by atoms with Crippen molar-refractivity contribution in [3.8, 4) is 0 Å². The molecular formula is C16H27N3O2. The van der Waals surface area contributed by atoms with Gasteiger partial charge in [-0.1, -0.05) is 18.2 Å². The number of carbonyl (C=O) groups excluding carboxylic acids is 1. The van der Waals surface area contributed by atoms with Crippen LogP contribution in [0.25, 0.3) is 0 Å². The zero-order chi connectivity index (χ0) is 15.9. The second-order valence-electron chi connectivity index (χ2n) is 5.93. The molecule has 0 aromatic heterocycles. The number of likely N-dealkylation sites (N-methyl/N-ethyl adjacent to an activating group) is 2. The van der Waals surface area contributed by atoms with Crippen molar-refractivity contribution in [3.63, 3.8) is 0 Å². The van der Waals surface area contributed by atoms with Crippen molar-refractivity contribution in [1.82, 2.24) is 15.5 Å². The molecular weight excluding hydrogens is 266 g/mol. The summed E-state index contributed by atoms with van der Waals surface area (Å²) >= 11 is 0. The van der Waals surface area contributed by atoms with Crippen molar-refractivity contribution >= 4 is 5.91 Å². The average molecular weight is 293 g/mol. The van der Waals surface area contributed by atoms with Gasteiger partial charge in [0.05, 0.1) is 5.60 Å². The summed E-state index contributed by atoms with van der Waals surface area (Å²) in [6.45, 7) is 3.27. The second-order valence-corrected chi connectivity index (χ2v) is 5.93. The van der Waals surface area contributed by atoms with E-state index in [-0.39, 0.29) is 12.5 Å². The average Bonchev–Trinajstić information content (AvgIpc) is 2.41. The van der Waals surface area contributed by atoms with Gasteiger partial charge in [-0.3, -0.25) is 4.79 Å². The van der Waals surface area contributed by atoms with Crippen LogP contribution in [0.1, 0.15) is 22.8 Å². The Kier molecular flexibility index (Phi) is 6.81. The van der Waals surface area contributed by atoms with Gasteiger partial charge in [-0.2, -0.15) is 0 Å². The van der Waals surface area contributed by atoms with Crippen LogP contribution in [-0.2, 0) is 6.42 Å². The molecule has 1 rings (SSSR count). The van der Waals surface area contributed by atoms with E-state index in [9.17, 15) is 9.90 Å². The largest absolute Gasteiger partial charge is 0.387 e. The Hall–Kier alpha value is -1.43. The van der Waals surface area contributed by atoms with Crippen molar-refractivity contribution in [3.05, 3.63) is 35.4 Å². The minimum atomic E-state index is -0.945. The van der Waals surface area contributed by atoms with Crippen LogP contribution in [0.3, 0.4) is 0 Å². The smallest absolute Gasteiger partial charge is 0.251 e. The molecule has 1 aromatic carbocycles. The summed E-state index contributed by atoms with van der Waals surface area (Å²) in [6, 6.07) is 7.57. The summed E-state index contributed by atoms with van der Waals surface area (Å²) in [5, 5.41) is 16.1. The summed E-state index contributed by atoms with van der Waals surface area (Å²) < 4.78 is 0. The first-order valence-electron chi connectivity index (χ1n) is 7.23. The first-order valence-corrected chi connectivity index (χ1v) is 7.23. The van der Waals surface area contributed by atoms with Gasteiger partial charge >= 0.3 is 0 Å². The molecule has 0 spiro atoms. The predicted molar refractivity (Wildman–Crippen MR) is 85.6 cm³/mol. The zero-order valence-corrected chi connectivity index (χ0v) is 13.4. The molecule has 0 aliphatic rings. The van der Waals surface area contributed by atoms with Gasteiger partial charge < -0.3 is 20.6 Å². The number of carbonyl (C=O) groups is 1. The number of nitrogens with one attached hydrogen (secondary N) is 2. The topological polar surface area (TPSA) is 64.6 Å². The number of nitrogens with zero attached hydrogens (tertiary/aromatic N) is 1. The molecule has 0 radical (unpaired) electrons. The maximum atomic E-state index is 12.3. The fourth-order valence-electron chi connectivity index (χ4n) is 2.32. The van der Waals surface area contributed by atoms with Crippen LogP contribution < -0.4 is 10.6 Å². The van der Waals surface area contributed by atoms with E-state index < -0.39 is 5.60 Å². The lowest BCUT2D eigenvalue weighted by Crippen LogP contribution is -2.47. The van der Waals surface area contributed by atoms with Crippen molar-refractivity contribution in [2.45, 2.75) is 18.9 Å². The fourth-order valence-corrected chi connectivity index (χ4v) is 2.32. The Morgan fingerprint density at radius 1 is 1.33 bits per heavy atom. The molecule has 0 aliphatic carbocycles. The van der Waals surface area contributed by atoms with Crippen LogP contribution in [0.2, 0.25) is 0 Å². The number of rotatable bonds is 8. The Morgan fingerprint density at radius 2 is 2.00 bits per heavy atom. The molecule has 1 aromatic rings. The van der Waals surface area contributed by atoms with E-state index in [1.54, 1.807) is 6.92 Å². The quantitative estimate of drug-likeness (QED) is 0.653. The van der Waals surface area contributed by atoms with Gasteiger partial charge in [0.25, 0.3) is 5.91 Å². The van der Waals surface area contributed by atoms with Crippen LogP contribution in [0.5, 0.6) is 0 Å². The maximum Gasteiger partial charge on any atom is 0.251 e. The van der Waals surface area contributed by atoms with Gasteiger partial charge in [-0.15, -0.1) is 0 Å². The van der Waals surface area contributed by atoms with Crippen LogP contribution in [0, 0.1) is 0 Å². The molecule has 0 heterocycles. The van der Waals surface area contributed by atoms with E-state index in [1.165, 1.54) is 0 Å². The maximum absolute atomic E-state index is 12.3. The lowest BCUT2D eigenvalue weighted by molar-refractivity contribution is 0.0326. The van der Waals surface area contributed by atoms with Crippen LogP contribution >= 0.6 is 0 Å². The second kappa shape index (κ2) is 8.12. The standard InChI is InChI=1S/C16H27N3O2/c1-16(21,12-19(3)4)11-18-15(20)14-8-6-5-7-13(14)9-10-17-2/h5-8,17,21H,9-12H2,1-4H3,(H,18,20). The van der Waals surface area contributed by atoms with Crippen LogP contribution in [-0.4, -0.2) is 62.3 Å². The van der Waals surface area contributed by atoms with E-state index in [0.29, 0.717) is 12.1 Å². The van der Waals surface area contributed by atoms with Gasteiger partial charge in [0.15, 0.2) is 0 Å². The molecule has 0 saturated carbocycles. The van der Waals surface area contributed by atoms with Crippen molar-refractivity contribution < 1.29 is 9.90 Å². The van der Waals surface area contributed by atoms with E-state index in [0.717, 1.165) is 18.5 Å². The van der Waals surface area contributed by atoms with Gasteiger partial charge in [-0.25, -0.2) is 0 Å². The molecule has 0 aliphatic heterocycles. The van der Waals surface area contributed by atoms with Crippen LogP contribution in [0.4, 0.5) is 0 Å². The first-order chi connectivity index (χ1) is 9.85. The Labute approximate surface area is 127 Å². The highest BCUT2D eigenvalue weighted by molar-refractivity contribution is 5.95. The number of hydrogen-bond donors (Lipinski definition) is 3. The van der Waals surface area contributed by atoms with E-state index in [2.05, 4.69) is 10.6 Å². The SMILES string of the molecule is CNCCc1ccccc1C(=O)NCC(C)(O)CN(C)C. The predicted octanol–water partition coefficient (Wildman–Crippen LogP) is 0.491. The van der Waals surface area contributed by atoms with Gasteiger partial charge in [-0.05, 0) is 52.7 Å². The number of amides is 1. The number of hydrogen-bond acceptors (Lipinski definition) is 4. The monoisotopic (exact) mass is 293 g/mol. The van der Waals surface area contributed by atoms with Gasteiger partial charge in [0, 0.05) is 18.7 Å². The fraction of sp³-hybridized carbons (Fsp3) is 0.562. The third-order valence-electron chi connectivity index (χ3n) is 3.19. The normalized spacial score (nSPS) is 14.0. The highest BCUT2D eigenvalue weighted by atomic mass is 16.3. The van der Waals surface area contributed by atoms with Crippen molar-refractivity contribution in [2.75, 3.05) is 40.8 Å². The van der Waals surface area contributed by atoms with Crippen LogP contribution in [0.15, 0.2) is 24.3 Å².